The van der Waals surface area contributed by atoms with Crippen LogP contribution in [-0.2, 0) is 4.79 Å². The Labute approximate surface area is 166 Å². The van der Waals surface area contributed by atoms with Gasteiger partial charge in [0.25, 0.3) is 5.91 Å². The van der Waals surface area contributed by atoms with E-state index in [0.29, 0.717) is 21.3 Å². The number of nitrogens with zero attached hydrogens (tertiary/aromatic N) is 1. The van der Waals surface area contributed by atoms with Crippen LogP contribution in [0.2, 0.25) is 10.0 Å². The summed E-state index contributed by atoms with van der Waals surface area (Å²) in [5.41, 5.74) is 1.15. The largest absolute Gasteiger partial charge is 0.349 e. The number of hydrogen-bond donors (Lipinski definition) is 2. The fourth-order valence-corrected chi connectivity index (χ4v) is 4.02. The van der Waals surface area contributed by atoms with Gasteiger partial charge in [-0.25, -0.2) is 0 Å². The molecule has 26 heavy (non-hydrogen) atoms. The van der Waals surface area contributed by atoms with Crippen LogP contribution < -0.4 is 10.6 Å². The minimum absolute atomic E-state index is 0.0317. The van der Waals surface area contributed by atoms with E-state index in [1.165, 1.54) is 11.3 Å². The Morgan fingerprint density at radius 3 is 2.46 bits per heavy atom. The van der Waals surface area contributed by atoms with Gasteiger partial charge in [-0.05, 0) is 36.4 Å². The van der Waals surface area contributed by atoms with Crippen molar-refractivity contribution >= 4 is 52.0 Å². The van der Waals surface area contributed by atoms with Crippen molar-refractivity contribution in [2.75, 3.05) is 25.0 Å². The van der Waals surface area contributed by atoms with Gasteiger partial charge in [0.15, 0.2) is 0 Å². The van der Waals surface area contributed by atoms with E-state index >= 15 is 0 Å². The van der Waals surface area contributed by atoms with E-state index in [0.717, 1.165) is 25.9 Å². The summed E-state index contributed by atoms with van der Waals surface area (Å²) >= 11 is 13.7. The Morgan fingerprint density at radius 1 is 1.15 bits per heavy atom. The number of carbonyl (C=O) groups excluding carboxylic acids is 2. The lowest BCUT2D eigenvalue weighted by molar-refractivity contribution is -0.117. The highest BCUT2D eigenvalue weighted by atomic mass is 35.5. The summed E-state index contributed by atoms with van der Waals surface area (Å²) in [5, 5.41) is 10.4. The number of nitrogens with one attached hydrogen (secondary N) is 2. The van der Waals surface area contributed by atoms with Crippen LogP contribution in [0.5, 0.6) is 0 Å². The molecule has 1 aromatic carbocycles. The molecule has 0 spiro atoms. The summed E-state index contributed by atoms with van der Waals surface area (Å²) < 4.78 is 0. The molecule has 0 aliphatic carbocycles. The normalized spacial score (nSPS) is 15.6. The number of benzene rings is 1. The van der Waals surface area contributed by atoms with Gasteiger partial charge in [0.05, 0.1) is 22.3 Å². The van der Waals surface area contributed by atoms with Crippen molar-refractivity contribution < 1.29 is 9.59 Å². The average Bonchev–Trinajstić information content (AvgIpc) is 3.15. The predicted octanol–water partition coefficient (Wildman–Crippen LogP) is 3.89. The van der Waals surface area contributed by atoms with Gasteiger partial charge in [0.2, 0.25) is 5.91 Å². The molecule has 0 unspecified atom stereocenters. The van der Waals surface area contributed by atoms with Crippen molar-refractivity contribution in [2.45, 2.75) is 18.9 Å². The van der Waals surface area contributed by atoms with Gasteiger partial charge in [-0.1, -0.05) is 29.3 Å². The first-order valence-electron chi connectivity index (χ1n) is 8.32. The highest BCUT2D eigenvalue weighted by Gasteiger charge is 2.23. The maximum atomic E-state index is 12.3. The first-order valence-corrected chi connectivity index (χ1v) is 10.0. The van der Waals surface area contributed by atoms with Crippen molar-refractivity contribution in [3.8, 4) is 0 Å². The predicted molar refractivity (Wildman–Crippen MR) is 106 cm³/mol. The molecule has 138 valence electrons. The van der Waals surface area contributed by atoms with Crippen molar-refractivity contribution in [1.82, 2.24) is 10.2 Å². The molecule has 8 heteroatoms. The molecule has 5 nitrogen and oxygen atoms in total. The van der Waals surface area contributed by atoms with Gasteiger partial charge in [0.1, 0.15) is 0 Å². The van der Waals surface area contributed by atoms with E-state index in [4.69, 9.17) is 23.2 Å². The van der Waals surface area contributed by atoms with E-state index in [1.807, 2.05) is 16.8 Å². The van der Waals surface area contributed by atoms with E-state index < -0.39 is 0 Å². The zero-order valence-corrected chi connectivity index (χ0v) is 16.3. The van der Waals surface area contributed by atoms with Crippen LogP contribution in [0.15, 0.2) is 35.0 Å². The van der Waals surface area contributed by atoms with Crippen molar-refractivity contribution in [3.63, 3.8) is 0 Å². The SMILES string of the molecule is O=C(CN1CCC(NC(=O)c2ccsc2)CC1)Nc1c(Cl)cccc1Cl. The van der Waals surface area contributed by atoms with Crippen LogP contribution in [0, 0.1) is 0 Å². The number of piperidine rings is 1. The fraction of sp³-hybridized carbons (Fsp3) is 0.333. The molecule has 0 saturated carbocycles. The van der Waals surface area contributed by atoms with Gasteiger partial charge < -0.3 is 10.6 Å². The molecule has 0 radical (unpaired) electrons. The van der Waals surface area contributed by atoms with Gasteiger partial charge in [0, 0.05) is 30.1 Å². The molecular formula is C18H19Cl2N3O2S. The van der Waals surface area contributed by atoms with E-state index in [-0.39, 0.29) is 24.4 Å². The summed E-state index contributed by atoms with van der Waals surface area (Å²) in [4.78, 5) is 26.4. The Kier molecular flexibility index (Phi) is 6.53. The number of thiophene rings is 1. The summed E-state index contributed by atoms with van der Waals surface area (Å²) in [6.07, 6.45) is 1.63. The molecule has 2 heterocycles. The van der Waals surface area contributed by atoms with Gasteiger partial charge in [-0.15, -0.1) is 0 Å². The molecule has 3 rings (SSSR count). The van der Waals surface area contributed by atoms with Crippen molar-refractivity contribution in [2.24, 2.45) is 0 Å². The number of rotatable bonds is 5. The Balaban J connectivity index is 1.45. The maximum absolute atomic E-state index is 12.3. The second kappa shape index (κ2) is 8.86. The lowest BCUT2D eigenvalue weighted by atomic mass is 10.0. The van der Waals surface area contributed by atoms with Crippen LogP contribution in [0.4, 0.5) is 5.69 Å². The number of para-hydroxylation sites is 1. The number of hydrogen-bond acceptors (Lipinski definition) is 4. The topological polar surface area (TPSA) is 61.4 Å². The Morgan fingerprint density at radius 2 is 1.85 bits per heavy atom. The van der Waals surface area contributed by atoms with Gasteiger partial charge in [-0.2, -0.15) is 11.3 Å². The molecule has 1 fully saturated rings. The highest BCUT2D eigenvalue weighted by molar-refractivity contribution is 7.08. The Hall–Kier alpha value is -1.60. The van der Waals surface area contributed by atoms with Crippen molar-refractivity contribution in [3.05, 3.63) is 50.6 Å². The zero-order chi connectivity index (χ0) is 18.5. The fourth-order valence-electron chi connectivity index (χ4n) is 2.90. The average molecular weight is 412 g/mol. The lowest BCUT2D eigenvalue weighted by Crippen LogP contribution is -2.46. The third kappa shape index (κ3) is 4.98. The van der Waals surface area contributed by atoms with E-state index in [9.17, 15) is 9.59 Å². The summed E-state index contributed by atoms with van der Waals surface area (Å²) in [7, 11) is 0. The number of halogens is 2. The van der Waals surface area contributed by atoms with Crippen molar-refractivity contribution in [1.29, 1.82) is 0 Å². The van der Waals surface area contributed by atoms with E-state index in [1.54, 1.807) is 18.2 Å². The molecule has 2 aromatic rings. The number of amides is 2. The second-order valence-electron chi connectivity index (χ2n) is 6.18. The molecule has 1 aliphatic rings. The number of carbonyl (C=O) groups is 2. The van der Waals surface area contributed by atoms with Crippen LogP contribution in [0.1, 0.15) is 23.2 Å². The summed E-state index contributed by atoms with van der Waals surface area (Å²) in [6, 6.07) is 7.06. The molecule has 1 aromatic heterocycles. The minimum Gasteiger partial charge on any atom is -0.349 e. The number of anilines is 1. The molecule has 2 amide bonds. The zero-order valence-electron chi connectivity index (χ0n) is 14.0. The molecule has 2 N–H and O–H groups in total. The minimum atomic E-state index is -0.152. The standard InChI is InChI=1S/C18H19Cl2N3O2S/c19-14-2-1-3-15(20)17(14)22-16(24)10-23-7-4-13(5-8-23)21-18(25)12-6-9-26-11-12/h1-3,6,9,11,13H,4-5,7-8,10H2,(H,21,25)(H,22,24). The molecule has 0 bridgehead atoms. The second-order valence-corrected chi connectivity index (χ2v) is 7.78. The third-order valence-electron chi connectivity index (χ3n) is 4.30. The molecular weight excluding hydrogens is 393 g/mol. The lowest BCUT2D eigenvalue weighted by Gasteiger charge is -2.31. The van der Waals surface area contributed by atoms with Gasteiger partial charge in [-0.3, -0.25) is 14.5 Å². The number of likely N-dealkylation sites (tertiary alicyclic amines) is 1. The van der Waals surface area contributed by atoms with E-state index in [2.05, 4.69) is 15.5 Å². The molecule has 0 atom stereocenters. The first kappa shape index (κ1) is 19.2. The monoisotopic (exact) mass is 411 g/mol. The van der Waals surface area contributed by atoms with Crippen LogP contribution in [-0.4, -0.2) is 42.4 Å². The summed E-state index contributed by atoms with van der Waals surface area (Å²) in [6.45, 7) is 1.77. The smallest absolute Gasteiger partial charge is 0.252 e. The van der Waals surface area contributed by atoms with Gasteiger partial charge >= 0.3 is 0 Å². The molecule has 1 saturated heterocycles. The highest BCUT2D eigenvalue weighted by Crippen LogP contribution is 2.29. The van der Waals surface area contributed by atoms with Crippen LogP contribution >= 0.6 is 34.5 Å². The van der Waals surface area contributed by atoms with Crippen LogP contribution in [0.25, 0.3) is 0 Å². The Bertz CT molecular complexity index is 754. The third-order valence-corrected chi connectivity index (χ3v) is 5.61. The molecule has 1 aliphatic heterocycles. The summed E-state index contributed by atoms with van der Waals surface area (Å²) in [5.74, 6) is -0.184. The first-order chi connectivity index (χ1) is 12.5. The maximum Gasteiger partial charge on any atom is 0.252 e. The van der Waals surface area contributed by atoms with Crippen LogP contribution in [0.3, 0.4) is 0 Å². The quantitative estimate of drug-likeness (QED) is 0.784.